The van der Waals surface area contributed by atoms with Crippen molar-refractivity contribution in [1.29, 1.82) is 0 Å². The van der Waals surface area contributed by atoms with Crippen molar-refractivity contribution in [3.63, 3.8) is 0 Å². The highest BCUT2D eigenvalue weighted by atomic mass is 32.1. The summed E-state index contributed by atoms with van der Waals surface area (Å²) in [7, 11) is 2.23. The van der Waals surface area contributed by atoms with Crippen LogP contribution < -0.4 is 5.73 Å². The van der Waals surface area contributed by atoms with Crippen molar-refractivity contribution in [2.24, 2.45) is 5.73 Å². The van der Waals surface area contributed by atoms with Crippen LogP contribution in [0.3, 0.4) is 0 Å². The van der Waals surface area contributed by atoms with Crippen molar-refractivity contribution in [1.82, 2.24) is 4.90 Å². The van der Waals surface area contributed by atoms with Gasteiger partial charge in [-0.3, -0.25) is 4.90 Å². The van der Waals surface area contributed by atoms with Crippen molar-refractivity contribution < 1.29 is 0 Å². The topological polar surface area (TPSA) is 29.3 Å². The van der Waals surface area contributed by atoms with Gasteiger partial charge in [-0.05, 0) is 38.4 Å². The lowest BCUT2D eigenvalue weighted by atomic mass is 9.90. The molecule has 1 atom stereocenters. The number of nitrogens with two attached hydrogens (primary N) is 1. The Hall–Kier alpha value is -0.380. The summed E-state index contributed by atoms with van der Waals surface area (Å²) < 4.78 is 0. The molecule has 1 unspecified atom stereocenters. The molecule has 0 aromatic carbocycles. The monoisotopic (exact) mass is 238 g/mol. The van der Waals surface area contributed by atoms with Crippen LogP contribution >= 0.6 is 11.3 Å². The summed E-state index contributed by atoms with van der Waals surface area (Å²) in [6, 6.07) is 5.70. The fraction of sp³-hybridized carbons (Fsp3) is 0.692. The Morgan fingerprint density at radius 2 is 2.25 bits per heavy atom. The first kappa shape index (κ1) is 12.1. The Bertz CT molecular complexity index is 330. The molecule has 0 aliphatic heterocycles. The van der Waals surface area contributed by atoms with E-state index in [1.807, 2.05) is 11.3 Å². The third-order valence-corrected chi connectivity index (χ3v) is 5.06. The standard InChI is InChI=1S/C13H22N2S/c1-3-11-7-8-13(16-11)12(9-14)15(2)10-5-4-6-10/h7-8,10,12H,3-6,9,14H2,1-2H3. The number of aryl methyl sites for hydroxylation is 1. The van der Waals surface area contributed by atoms with Gasteiger partial charge >= 0.3 is 0 Å². The summed E-state index contributed by atoms with van der Waals surface area (Å²) in [5, 5.41) is 0. The highest BCUT2D eigenvalue weighted by molar-refractivity contribution is 7.12. The number of rotatable bonds is 5. The average Bonchev–Trinajstić information content (AvgIpc) is 2.65. The van der Waals surface area contributed by atoms with Crippen LogP contribution in [0, 0.1) is 0 Å². The largest absolute Gasteiger partial charge is 0.329 e. The number of likely N-dealkylation sites (N-methyl/N-ethyl adjacent to an activating group) is 1. The van der Waals surface area contributed by atoms with Crippen molar-refractivity contribution in [3.8, 4) is 0 Å². The normalized spacial score (nSPS) is 18.8. The first-order valence-electron chi connectivity index (χ1n) is 6.26. The van der Waals surface area contributed by atoms with E-state index in [1.54, 1.807) is 0 Å². The van der Waals surface area contributed by atoms with Gasteiger partial charge in [0.1, 0.15) is 0 Å². The summed E-state index contributed by atoms with van der Waals surface area (Å²) in [6.45, 7) is 2.94. The fourth-order valence-corrected chi connectivity index (χ4v) is 3.41. The maximum absolute atomic E-state index is 5.94. The Morgan fingerprint density at radius 3 is 2.69 bits per heavy atom. The molecule has 90 valence electrons. The molecule has 2 N–H and O–H groups in total. The fourth-order valence-electron chi connectivity index (χ4n) is 2.30. The molecule has 1 fully saturated rings. The van der Waals surface area contributed by atoms with Gasteiger partial charge in [-0.25, -0.2) is 0 Å². The van der Waals surface area contributed by atoms with Crippen molar-refractivity contribution >= 4 is 11.3 Å². The SMILES string of the molecule is CCc1ccc(C(CN)N(C)C2CCC2)s1. The summed E-state index contributed by atoms with van der Waals surface area (Å²) in [5.74, 6) is 0. The molecule has 1 heterocycles. The molecule has 1 aliphatic rings. The van der Waals surface area contributed by atoms with E-state index >= 15 is 0 Å². The van der Waals surface area contributed by atoms with E-state index in [2.05, 4.69) is 31.0 Å². The molecule has 0 amide bonds. The van der Waals surface area contributed by atoms with Crippen LogP contribution in [0.2, 0.25) is 0 Å². The van der Waals surface area contributed by atoms with Crippen LogP contribution in [-0.2, 0) is 6.42 Å². The smallest absolute Gasteiger partial charge is 0.0564 e. The van der Waals surface area contributed by atoms with Crippen LogP contribution in [0.4, 0.5) is 0 Å². The van der Waals surface area contributed by atoms with E-state index in [0.29, 0.717) is 6.04 Å². The van der Waals surface area contributed by atoms with E-state index in [0.717, 1.165) is 19.0 Å². The lowest BCUT2D eigenvalue weighted by Gasteiger charge is -2.39. The quantitative estimate of drug-likeness (QED) is 0.854. The Balaban J connectivity index is 2.08. The highest BCUT2D eigenvalue weighted by Crippen LogP contribution is 2.33. The average molecular weight is 238 g/mol. The predicted molar refractivity (Wildman–Crippen MR) is 70.9 cm³/mol. The molecule has 3 heteroatoms. The van der Waals surface area contributed by atoms with Crippen LogP contribution in [0.25, 0.3) is 0 Å². The molecule has 1 aromatic rings. The van der Waals surface area contributed by atoms with Crippen LogP contribution in [-0.4, -0.2) is 24.5 Å². The van der Waals surface area contributed by atoms with Gasteiger partial charge in [-0.2, -0.15) is 0 Å². The number of thiophene rings is 1. The van der Waals surface area contributed by atoms with Crippen LogP contribution in [0.15, 0.2) is 12.1 Å². The second-order valence-electron chi connectivity index (χ2n) is 4.66. The van der Waals surface area contributed by atoms with Crippen molar-refractivity contribution in [2.75, 3.05) is 13.6 Å². The van der Waals surface area contributed by atoms with Crippen LogP contribution in [0.5, 0.6) is 0 Å². The zero-order valence-electron chi connectivity index (χ0n) is 10.3. The molecule has 0 spiro atoms. The number of hydrogen-bond acceptors (Lipinski definition) is 3. The Labute approximate surface area is 102 Å². The van der Waals surface area contributed by atoms with Crippen molar-refractivity contribution in [2.45, 2.75) is 44.7 Å². The van der Waals surface area contributed by atoms with Crippen molar-refractivity contribution in [3.05, 3.63) is 21.9 Å². The number of hydrogen-bond donors (Lipinski definition) is 1. The summed E-state index contributed by atoms with van der Waals surface area (Å²) in [5.41, 5.74) is 5.94. The molecule has 2 nitrogen and oxygen atoms in total. The third kappa shape index (κ3) is 2.31. The second kappa shape index (κ2) is 5.30. The summed E-state index contributed by atoms with van der Waals surface area (Å²) in [6.07, 6.45) is 5.21. The first-order valence-corrected chi connectivity index (χ1v) is 7.08. The highest BCUT2D eigenvalue weighted by Gasteiger charge is 2.28. The molecule has 0 saturated heterocycles. The molecule has 0 radical (unpaired) electrons. The third-order valence-electron chi connectivity index (χ3n) is 3.72. The first-order chi connectivity index (χ1) is 7.76. The molecule has 1 aliphatic carbocycles. The zero-order valence-corrected chi connectivity index (χ0v) is 11.1. The Kier molecular flexibility index (Phi) is 4.00. The van der Waals surface area contributed by atoms with Gasteiger partial charge in [0.2, 0.25) is 0 Å². The van der Waals surface area contributed by atoms with E-state index in [1.165, 1.54) is 29.0 Å². The number of nitrogens with zero attached hydrogens (tertiary/aromatic N) is 1. The predicted octanol–water partition coefficient (Wildman–Crippen LogP) is 2.79. The molecular weight excluding hydrogens is 216 g/mol. The lowest BCUT2D eigenvalue weighted by Crippen LogP contribution is -2.42. The van der Waals surface area contributed by atoms with Gasteiger partial charge in [0, 0.05) is 22.3 Å². The van der Waals surface area contributed by atoms with Gasteiger partial charge in [0.05, 0.1) is 6.04 Å². The Morgan fingerprint density at radius 1 is 1.50 bits per heavy atom. The summed E-state index contributed by atoms with van der Waals surface area (Å²) in [4.78, 5) is 5.39. The van der Waals surface area contributed by atoms with E-state index < -0.39 is 0 Å². The maximum atomic E-state index is 5.94. The maximum Gasteiger partial charge on any atom is 0.0564 e. The van der Waals surface area contributed by atoms with E-state index in [4.69, 9.17) is 5.73 Å². The molecule has 1 aromatic heterocycles. The summed E-state index contributed by atoms with van der Waals surface area (Å²) >= 11 is 1.92. The van der Waals surface area contributed by atoms with Crippen LogP contribution in [0.1, 0.15) is 42.0 Å². The lowest BCUT2D eigenvalue weighted by molar-refractivity contribution is 0.115. The van der Waals surface area contributed by atoms with Gasteiger partial charge in [-0.15, -0.1) is 11.3 Å². The van der Waals surface area contributed by atoms with Gasteiger partial charge in [-0.1, -0.05) is 13.3 Å². The molecule has 0 bridgehead atoms. The minimum absolute atomic E-state index is 0.426. The minimum Gasteiger partial charge on any atom is -0.329 e. The molecule has 16 heavy (non-hydrogen) atoms. The second-order valence-corrected chi connectivity index (χ2v) is 5.86. The minimum atomic E-state index is 0.426. The molecule has 2 rings (SSSR count). The van der Waals surface area contributed by atoms with E-state index in [-0.39, 0.29) is 0 Å². The van der Waals surface area contributed by atoms with Gasteiger partial charge in [0.25, 0.3) is 0 Å². The van der Waals surface area contributed by atoms with Gasteiger partial charge < -0.3 is 5.73 Å². The van der Waals surface area contributed by atoms with E-state index in [9.17, 15) is 0 Å². The molecular formula is C13H22N2S. The zero-order chi connectivity index (χ0) is 11.5. The molecule has 1 saturated carbocycles. The van der Waals surface area contributed by atoms with Gasteiger partial charge in [0.15, 0.2) is 0 Å².